The summed E-state index contributed by atoms with van der Waals surface area (Å²) >= 11 is 0. The summed E-state index contributed by atoms with van der Waals surface area (Å²) in [6, 6.07) is 2.93. The fraction of sp³-hybridized carbons (Fsp3) is 0.417. The summed E-state index contributed by atoms with van der Waals surface area (Å²) in [6.07, 6.45) is -0.357. The van der Waals surface area contributed by atoms with Crippen molar-refractivity contribution in [2.24, 2.45) is 0 Å². The minimum absolute atomic E-state index is 0.0672. The zero-order valence-corrected chi connectivity index (χ0v) is 9.83. The van der Waals surface area contributed by atoms with Gasteiger partial charge in [0.05, 0.1) is 6.10 Å². The molecule has 3 nitrogen and oxygen atoms in total. The minimum atomic E-state index is -1.69. The molecule has 0 fully saturated rings. The topological polar surface area (TPSA) is 46.5 Å². The van der Waals surface area contributed by atoms with Crippen molar-refractivity contribution in [1.29, 1.82) is 0 Å². The molecule has 0 saturated heterocycles. The molecule has 1 rings (SSSR count). The van der Waals surface area contributed by atoms with Crippen LogP contribution < -0.4 is 0 Å². The fourth-order valence-corrected chi connectivity index (χ4v) is 1.51. The molecular weight excluding hydrogens is 230 g/mol. The average molecular weight is 244 g/mol. The number of aliphatic carboxylic acids is 1. The number of hydrogen-bond donors (Lipinski definition) is 1. The second-order valence-electron chi connectivity index (χ2n) is 4.13. The number of hydrogen-bond acceptors (Lipinski definition) is 2. The maximum absolute atomic E-state index is 13.1. The Kier molecular flexibility index (Phi) is 3.83. The van der Waals surface area contributed by atoms with Gasteiger partial charge in [0, 0.05) is 0 Å². The summed E-state index contributed by atoms with van der Waals surface area (Å²) in [5.74, 6) is -3.37. The Labute approximate surface area is 98.0 Å². The molecule has 1 aromatic rings. The number of rotatable bonds is 4. The van der Waals surface area contributed by atoms with Gasteiger partial charge in [-0.2, -0.15) is 0 Å². The third-order valence-electron chi connectivity index (χ3n) is 2.35. The van der Waals surface area contributed by atoms with E-state index in [0.717, 1.165) is 12.1 Å². The maximum atomic E-state index is 13.1. The predicted octanol–water partition coefficient (Wildman–Crippen LogP) is 2.69. The molecule has 94 valence electrons. The summed E-state index contributed by atoms with van der Waals surface area (Å²) in [5.41, 5.74) is -1.62. The quantitative estimate of drug-likeness (QED) is 0.885. The van der Waals surface area contributed by atoms with Crippen LogP contribution in [0.3, 0.4) is 0 Å². The largest absolute Gasteiger partial charge is 0.479 e. The van der Waals surface area contributed by atoms with E-state index in [-0.39, 0.29) is 11.7 Å². The van der Waals surface area contributed by atoms with Crippen LogP contribution in [0.15, 0.2) is 18.2 Å². The highest BCUT2D eigenvalue weighted by molar-refractivity contribution is 5.79. The molecule has 1 aromatic carbocycles. The molecule has 0 amide bonds. The van der Waals surface area contributed by atoms with Crippen LogP contribution in [0.2, 0.25) is 0 Å². The van der Waals surface area contributed by atoms with E-state index in [2.05, 4.69) is 0 Å². The normalized spacial score (nSPS) is 14.7. The van der Waals surface area contributed by atoms with Crippen LogP contribution in [-0.2, 0) is 15.1 Å². The molecule has 0 spiro atoms. The second kappa shape index (κ2) is 4.79. The number of ether oxygens (including phenoxy) is 1. The average Bonchev–Trinajstić information content (AvgIpc) is 2.20. The molecule has 1 N–H and O–H groups in total. The number of benzene rings is 1. The zero-order chi connectivity index (χ0) is 13.2. The molecule has 0 aromatic heterocycles. The maximum Gasteiger partial charge on any atom is 0.340 e. The number of carboxylic acids is 1. The van der Waals surface area contributed by atoms with Crippen LogP contribution in [0.4, 0.5) is 8.78 Å². The van der Waals surface area contributed by atoms with Gasteiger partial charge in [0.25, 0.3) is 0 Å². The highest BCUT2D eigenvalue weighted by Crippen LogP contribution is 2.28. The Balaban J connectivity index is 3.22. The lowest BCUT2D eigenvalue weighted by Gasteiger charge is -2.28. The third kappa shape index (κ3) is 2.79. The number of carboxylic acid groups (broad SMARTS) is 1. The molecule has 0 aliphatic carbocycles. The van der Waals surface area contributed by atoms with E-state index in [0.29, 0.717) is 0 Å². The molecule has 0 saturated carbocycles. The van der Waals surface area contributed by atoms with Crippen LogP contribution >= 0.6 is 0 Å². The van der Waals surface area contributed by atoms with E-state index in [9.17, 15) is 13.6 Å². The highest BCUT2D eigenvalue weighted by Gasteiger charge is 2.37. The molecule has 0 bridgehead atoms. The molecule has 0 aliphatic heterocycles. The van der Waals surface area contributed by atoms with Crippen molar-refractivity contribution < 1.29 is 23.4 Å². The third-order valence-corrected chi connectivity index (χ3v) is 2.35. The van der Waals surface area contributed by atoms with Crippen molar-refractivity contribution in [2.45, 2.75) is 32.5 Å². The first-order chi connectivity index (χ1) is 7.77. The van der Waals surface area contributed by atoms with Gasteiger partial charge in [-0.05, 0) is 38.5 Å². The summed E-state index contributed by atoms with van der Waals surface area (Å²) in [4.78, 5) is 11.2. The lowest BCUT2D eigenvalue weighted by atomic mass is 9.95. The van der Waals surface area contributed by atoms with E-state index in [1.165, 1.54) is 13.0 Å². The highest BCUT2D eigenvalue weighted by atomic mass is 19.2. The summed E-state index contributed by atoms with van der Waals surface area (Å²) in [6.45, 7) is 4.64. The second-order valence-corrected chi connectivity index (χ2v) is 4.13. The smallest absolute Gasteiger partial charge is 0.340 e. The van der Waals surface area contributed by atoms with Crippen molar-refractivity contribution >= 4 is 5.97 Å². The molecule has 0 heterocycles. The van der Waals surface area contributed by atoms with Gasteiger partial charge >= 0.3 is 5.97 Å². The molecule has 17 heavy (non-hydrogen) atoms. The van der Waals surface area contributed by atoms with Gasteiger partial charge in [-0.3, -0.25) is 0 Å². The first-order valence-electron chi connectivity index (χ1n) is 5.14. The fourth-order valence-electron chi connectivity index (χ4n) is 1.51. The molecule has 1 unspecified atom stereocenters. The van der Waals surface area contributed by atoms with Crippen molar-refractivity contribution in [1.82, 2.24) is 0 Å². The predicted molar refractivity (Wildman–Crippen MR) is 57.6 cm³/mol. The van der Waals surface area contributed by atoms with Gasteiger partial charge in [-0.1, -0.05) is 6.07 Å². The van der Waals surface area contributed by atoms with Crippen LogP contribution in [-0.4, -0.2) is 17.2 Å². The molecule has 0 aliphatic rings. The number of halogens is 2. The molecule has 1 atom stereocenters. The standard InChI is InChI=1S/C12H14F2O3/c1-7(2)17-12(3,11(15)16)8-4-5-9(13)10(14)6-8/h4-7H,1-3H3,(H,15,16). The van der Waals surface area contributed by atoms with Gasteiger partial charge in [-0.25, -0.2) is 13.6 Å². The number of carbonyl (C=O) groups is 1. The first-order valence-corrected chi connectivity index (χ1v) is 5.14. The van der Waals surface area contributed by atoms with Crippen LogP contribution in [0, 0.1) is 11.6 Å². The zero-order valence-electron chi connectivity index (χ0n) is 9.83. The summed E-state index contributed by atoms with van der Waals surface area (Å²) in [7, 11) is 0. The van der Waals surface area contributed by atoms with Crippen molar-refractivity contribution in [3.8, 4) is 0 Å². The van der Waals surface area contributed by atoms with E-state index >= 15 is 0 Å². The van der Waals surface area contributed by atoms with E-state index in [4.69, 9.17) is 9.84 Å². The van der Waals surface area contributed by atoms with E-state index < -0.39 is 23.2 Å². The van der Waals surface area contributed by atoms with Gasteiger partial charge in [-0.15, -0.1) is 0 Å². The lowest BCUT2D eigenvalue weighted by Crippen LogP contribution is -2.37. The van der Waals surface area contributed by atoms with Crippen LogP contribution in [0.1, 0.15) is 26.3 Å². The van der Waals surface area contributed by atoms with Crippen molar-refractivity contribution in [3.05, 3.63) is 35.4 Å². The summed E-state index contributed by atoms with van der Waals surface area (Å²) in [5, 5.41) is 9.15. The van der Waals surface area contributed by atoms with Crippen molar-refractivity contribution in [2.75, 3.05) is 0 Å². The Morgan fingerprint density at radius 3 is 2.35 bits per heavy atom. The van der Waals surface area contributed by atoms with Gasteiger partial charge in [0.1, 0.15) is 0 Å². The van der Waals surface area contributed by atoms with Crippen LogP contribution in [0.25, 0.3) is 0 Å². The SMILES string of the molecule is CC(C)OC(C)(C(=O)O)c1ccc(F)c(F)c1. The first kappa shape index (κ1) is 13.6. The summed E-state index contributed by atoms with van der Waals surface area (Å²) < 4.78 is 31.2. The van der Waals surface area contributed by atoms with E-state index in [1.807, 2.05) is 0 Å². The van der Waals surface area contributed by atoms with Gasteiger partial charge < -0.3 is 9.84 Å². The molecule has 5 heteroatoms. The van der Waals surface area contributed by atoms with Gasteiger partial charge in [0.15, 0.2) is 17.2 Å². The van der Waals surface area contributed by atoms with Gasteiger partial charge in [0.2, 0.25) is 0 Å². The Hall–Kier alpha value is -1.49. The molecular formula is C12H14F2O3. The van der Waals surface area contributed by atoms with Crippen LogP contribution in [0.5, 0.6) is 0 Å². The Bertz CT molecular complexity index is 432. The van der Waals surface area contributed by atoms with Crippen molar-refractivity contribution in [3.63, 3.8) is 0 Å². The minimum Gasteiger partial charge on any atom is -0.479 e. The van der Waals surface area contributed by atoms with E-state index in [1.54, 1.807) is 13.8 Å². The monoisotopic (exact) mass is 244 g/mol. The Morgan fingerprint density at radius 2 is 1.94 bits per heavy atom. The lowest BCUT2D eigenvalue weighted by molar-refractivity contribution is -0.170. The molecule has 0 radical (unpaired) electrons. The Morgan fingerprint density at radius 1 is 1.35 bits per heavy atom.